The van der Waals surface area contributed by atoms with Crippen molar-refractivity contribution in [3.63, 3.8) is 0 Å². The Morgan fingerprint density at radius 2 is 1.89 bits per heavy atom. The monoisotopic (exact) mass is 399 g/mol. The molecule has 0 unspecified atom stereocenters. The van der Waals surface area contributed by atoms with E-state index in [-0.39, 0.29) is 10.6 Å². The Labute approximate surface area is 161 Å². The van der Waals surface area contributed by atoms with Crippen LogP contribution in [0.25, 0.3) is 10.8 Å². The largest absolute Gasteiger partial charge is 0.496 e. The van der Waals surface area contributed by atoms with Gasteiger partial charge in [-0.15, -0.1) is 0 Å². The third kappa shape index (κ3) is 3.79. The van der Waals surface area contributed by atoms with Gasteiger partial charge in [-0.3, -0.25) is 10.1 Å². The van der Waals surface area contributed by atoms with Crippen LogP contribution < -0.4 is 9.57 Å². The van der Waals surface area contributed by atoms with Crippen LogP contribution in [0.15, 0.2) is 64.6 Å². The van der Waals surface area contributed by atoms with Crippen molar-refractivity contribution in [1.82, 2.24) is 4.83 Å². The summed E-state index contributed by atoms with van der Waals surface area (Å²) in [7, 11) is -2.56. The zero-order valence-electron chi connectivity index (χ0n) is 15.1. The van der Waals surface area contributed by atoms with E-state index in [4.69, 9.17) is 4.74 Å². The Kier molecular flexibility index (Phi) is 5.27. The van der Waals surface area contributed by atoms with E-state index >= 15 is 0 Å². The Morgan fingerprint density at radius 1 is 1.14 bits per heavy atom. The number of hydrogen-bond donors (Lipinski definition) is 1. The predicted octanol–water partition coefficient (Wildman–Crippen LogP) is 3.38. The van der Waals surface area contributed by atoms with Gasteiger partial charge in [-0.1, -0.05) is 36.4 Å². The molecule has 0 aliphatic heterocycles. The van der Waals surface area contributed by atoms with E-state index in [1.165, 1.54) is 32.4 Å². The third-order valence-electron chi connectivity index (χ3n) is 4.20. The van der Waals surface area contributed by atoms with Crippen molar-refractivity contribution in [1.29, 1.82) is 0 Å². The Balaban J connectivity index is 1.94. The first-order valence-electron chi connectivity index (χ1n) is 8.19. The number of nitrogens with zero attached hydrogens (tertiary/aromatic N) is 2. The Morgan fingerprint density at radius 3 is 2.61 bits per heavy atom. The van der Waals surface area contributed by atoms with Gasteiger partial charge in [0.25, 0.3) is 15.7 Å². The quantitative estimate of drug-likeness (QED) is 0.388. The van der Waals surface area contributed by atoms with Gasteiger partial charge in [0, 0.05) is 17.2 Å². The number of methoxy groups -OCH3 is 1. The number of ether oxygens (including phenoxy) is 1. The number of hydrazone groups is 1. The van der Waals surface area contributed by atoms with Crippen LogP contribution in [0.2, 0.25) is 0 Å². The molecule has 0 fully saturated rings. The molecular weight excluding hydrogens is 382 g/mol. The lowest BCUT2D eigenvalue weighted by atomic mass is 10.0. The van der Waals surface area contributed by atoms with Crippen LogP contribution in [-0.2, 0) is 10.0 Å². The van der Waals surface area contributed by atoms with Gasteiger partial charge in [-0.2, -0.15) is 13.5 Å². The van der Waals surface area contributed by atoms with E-state index in [9.17, 15) is 18.5 Å². The topological polar surface area (TPSA) is 111 Å². The molecule has 0 saturated heterocycles. The van der Waals surface area contributed by atoms with Crippen LogP contribution >= 0.6 is 0 Å². The molecule has 1 N–H and O–H groups in total. The van der Waals surface area contributed by atoms with E-state index in [0.29, 0.717) is 16.9 Å². The van der Waals surface area contributed by atoms with Crippen LogP contribution in [-0.4, -0.2) is 26.7 Å². The summed E-state index contributed by atoms with van der Waals surface area (Å²) in [6.07, 6.45) is 1.35. The van der Waals surface area contributed by atoms with Crippen molar-refractivity contribution < 1.29 is 18.1 Å². The van der Waals surface area contributed by atoms with E-state index in [0.717, 1.165) is 16.8 Å². The van der Waals surface area contributed by atoms with Crippen LogP contribution in [0, 0.1) is 17.0 Å². The summed E-state index contributed by atoms with van der Waals surface area (Å²) < 4.78 is 30.2. The lowest BCUT2D eigenvalue weighted by Crippen LogP contribution is -2.18. The second-order valence-corrected chi connectivity index (χ2v) is 7.62. The van der Waals surface area contributed by atoms with Crippen LogP contribution in [0.1, 0.15) is 11.1 Å². The number of nitro groups is 1. The third-order valence-corrected chi connectivity index (χ3v) is 5.43. The normalized spacial score (nSPS) is 11.6. The summed E-state index contributed by atoms with van der Waals surface area (Å²) in [6.45, 7) is 1.53. The van der Waals surface area contributed by atoms with Gasteiger partial charge >= 0.3 is 0 Å². The van der Waals surface area contributed by atoms with Gasteiger partial charge in [-0.05, 0) is 29.8 Å². The molecule has 0 aromatic heterocycles. The maximum atomic E-state index is 12.4. The molecule has 0 aliphatic rings. The molecule has 0 spiro atoms. The Bertz CT molecular complexity index is 1190. The molecule has 0 amide bonds. The molecule has 8 nitrogen and oxygen atoms in total. The lowest BCUT2D eigenvalue weighted by molar-refractivity contribution is -0.385. The summed E-state index contributed by atoms with van der Waals surface area (Å²) in [5.41, 5.74) is 0.703. The number of hydrogen-bond acceptors (Lipinski definition) is 6. The summed E-state index contributed by atoms with van der Waals surface area (Å²) in [4.78, 5) is 12.3. The molecule has 0 atom stereocenters. The van der Waals surface area contributed by atoms with E-state index < -0.39 is 14.9 Å². The second kappa shape index (κ2) is 7.65. The molecule has 28 heavy (non-hydrogen) atoms. The standard InChI is InChI=1S/C19H17N3O5S/c1-13-7-9-15(11-18(13)22(23)24)28(25,26)21-20-12-17-16-6-4-3-5-14(16)8-10-19(17)27-2/h3-12,21H,1-2H3/b20-12-. The van der Waals surface area contributed by atoms with Crippen molar-refractivity contribution in [3.05, 3.63) is 75.8 Å². The fourth-order valence-electron chi connectivity index (χ4n) is 2.75. The molecule has 3 aromatic rings. The second-order valence-electron chi connectivity index (χ2n) is 5.96. The molecule has 9 heteroatoms. The zero-order valence-corrected chi connectivity index (χ0v) is 15.9. The number of aryl methyl sites for hydroxylation is 1. The summed E-state index contributed by atoms with van der Waals surface area (Å²) >= 11 is 0. The molecule has 0 saturated carbocycles. The summed E-state index contributed by atoms with van der Waals surface area (Å²) in [5.74, 6) is 0.535. The van der Waals surface area contributed by atoms with Gasteiger partial charge in [0.1, 0.15) is 5.75 Å². The van der Waals surface area contributed by atoms with Gasteiger partial charge < -0.3 is 4.74 Å². The molecule has 0 radical (unpaired) electrons. The number of benzene rings is 3. The minimum atomic E-state index is -4.07. The van der Waals surface area contributed by atoms with E-state index in [2.05, 4.69) is 9.93 Å². The maximum absolute atomic E-state index is 12.4. The van der Waals surface area contributed by atoms with Crippen molar-refractivity contribution in [2.75, 3.05) is 7.11 Å². The van der Waals surface area contributed by atoms with E-state index in [1.54, 1.807) is 6.07 Å². The average molecular weight is 399 g/mol. The van der Waals surface area contributed by atoms with Crippen molar-refractivity contribution in [3.8, 4) is 5.75 Å². The zero-order chi connectivity index (χ0) is 20.3. The molecule has 144 valence electrons. The average Bonchev–Trinajstić information content (AvgIpc) is 2.67. The molecule has 0 heterocycles. The number of rotatable bonds is 6. The van der Waals surface area contributed by atoms with Crippen LogP contribution in [0.5, 0.6) is 5.75 Å². The lowest BCUT2D eigenvalue weighted by Gasteiger charge is -2.09. The minimum absolute atomic E-state index is 0.244. The number of sulfonamides is 1. The molecule has 3 rings (SSSR count). The molecular formula is C19H17N3O5S. The van der Waals surface area contributed by atoms with Gasteiger partial charge in [0.2, 0.25) is 0 Å². The van der Waals surface area contributed by atoms with Crippen molar-refractivity contribution >= 4 is 32.7 Å². The molecule has 0 bridgehead atoms. The fraction of sp³-hybridized carbons (Fsp3) is 0.105. The predicted molar refractivity (Wildman–Crippen MR) is 106 cm³/mol. The summed E-state index contributed by atoms with van der Waals surface area (Å²) in [6, 6.07) is 14.9. The highest BCUT2D eigenvalue weighted by Crippen LogP contribution is 2.26. The van der Waals surface area contributed by atoms with Crippen molar-refractivity contribution in [2.24, 2.45) is 5.10 Å². The van der Waals surface area contributed by atoms with E-state index in [1.807, 2.05) is 30.3 Å². The number of fused-ring (bicyclic) bond motifs is 1. The highest BCUT2D eigenvalue weighted by Gasteiger charge is 2.19. The Hall–Kier alpha value is -3.46. The first kappa shape index (κ1) is 19.3. The number of nitro benzene ring substituents is 1. The molecule has 0 aliphatic carbocycles. The maximum Gasteiger partial charge on any atom is 0.276 e. The first-order chi connectivity index (χ1) is 13.3. The van der Waals surface area contributed by atoms with Gasteiger partial charge in [0.05, 0.1) is 23.1 Å². The van der Waals surface area contributed by atoms with Crippen molar-refractivity contribution in [2.45, 2.75) is 11.8 Å². The SMILES string of the molecule is COc1ccc2ccccc2c1/C=N\NS(=O)(=O)c1ccc(C)c([N+](=O)[O-])c1. The first-order valence-corrected chi connectivity index (χ1v) is 9.67. The smallest absolute Gasteiger partial charge is 0.276 e. The summed E-state index contributed by atoms with van der Waals surface area (Å²) in [5, 5.41) is 16.7. The van der Waals surface area contributed by atoms with Gasteiger partial charge in [-0.25, -0.2) is 4.83 Å². The molecule has 3 aromatic carbocycles. The van der Waals surface area contributed by atoms with Crippen LogP contribution in [0.4, 0.5) is 5.69 Å². The minimum Gasteiger partial charge on any atom is -0.496 e. The highest BCUT2D eigenvalue weighted by atomic mass is 32.2. The van der Waals surface area contributed by atoms with Gasteiger partial charge in [0.15, 0.2) is 0 Å². The highest BCUT2D eigenvalue weighted by molar-refractivity contribution is 7.89. The van der Waals surface area contributed by atoms with Crippen LogP contribution in [0.3, 0.4) is 0 Å². The number of nitrogens with one attached hydrogen (secondary N) is 1. The fourth-order valence-corrected chi connectivity index (χ4v) is 3.56.